The molecule has 0 aliphatic heterocycles. The fraction of sp³-hybridized carbons (Fsp3) is 0.438. The van der Waals surface area contributed by atoms with Gasteiger partial charge in [0.2, 0.25) is 5.89 Å². The maximum absolute atomic E-state index is 5.73. The van der Waals surface area contributed by atoms with E-state index < -0.39 is 0 Å². The Hall–Kier alpha value is -1.61. The first-order valence-corrected chi connectivity index (χ1v) is 7.02. The molecule has 0 bridgehead atoms. The van der Waals surface area contributed by atoms with Gasteiger partial charge in [0, 0.05) is 12.5 Å². The van der Waals surface area contributed by atoms with Crippen molar-refractivity contribution in [2.75, 3.05) is 0 Å². The minimum absolute atomic E-state index is 0.697. The van der Waals surface area contributed by atoms with Crippen LogP contribution in [0.5, 0.6) is 0 Å². The lowest BCUT2D eigenvalue weighted by molar-refractivity contribution is 0.434. The minimum atomic E-state index is 0.697. The number of oxazole rings is 1. The number of rotatable bonds is 6. The van der Waals surface area contributed by atoms with Crippen molar-refractivity contribution in [2.45, 2.75) is 45.2 Å². The van der Waals surface area contributed by atoms with Crippen LogP contribution in [0.15, 0.2) is 34.9 Å². The predicted octanol–water partition coefficient (Wildman–Crippen LogP) is 3.02. The largest absolute Gasteiger partial charge is 0.444 e. The van der Waals surface area contributed by atoms with Crippen LogP contribution in [0.1, 0.15) is 35.6 Å². The molecule has 1 fully saturated rings. The van der Waals surface area contributed by atoms with E-state index in [4.69, 9.17) is 4.42 Å². The molecule has 1 saturated carbocycles. The van der Waals surface area contributed by atoms with Crippen molar-refractivity contribution in [3.8, 4) is 0 Å². The van der Waals surface area contributed by atoms with E-state index >= 15 is 0 Å². The number of nitrogens with one attached hydrogen (secondary N) is 1. The Balaban J connectivity index is 1.50. The van der Waals surface area contributed by atoms with Gasteiger partial charge in [0.15, 0.2) is 0 Å². The maximum atomic E-state index is 5.73. The van der Waals surface area contributed by atoms with Crippen LogP contribution >= 0.6 is 0 Å². The first-order valence-electron chi connectivity index (χ1n) is 7.02. The quantitative estimate of drug-likeness (QED) is 0.863. The molecule has 0 saturated heterocycles. The molecule has 0 amide bonds. The second kappa shape index (κ2) is 5.57. The summed E-state index contributed by atoms with van der Waals surface area (Å²) in [6.45, 7) is 2.87. The van der Waals surface area contributed by atoms with Crippen molar-refractivity contribution in [3.05, 3.63) is 53.2 Å². The SMILES string of the molecule is Cc1ccc(CCc2cnc(CNC3CC3)o2)cc1. The summed E-state index contributed by atoms with van der Waals surface area (Å²) in [5.41, 5.74) is 2.65. The molecule has 0 spiro atoms. The number of hydrogen-bond acceptors (Lipinski definition) is 3. The number of aryl methyl sites for hydroxylation is 3. The monoisotopic (exact) mass is 256 g/mol. The zero-order valence-electron chi connectivity index (χ0n) is 11.4. The van der Waals surface area contributed by atoms with Gasteiger partial charge in [-0.05, 0) is 31.7 Å². The molecule has 0 unspecified atom stereocenters. The van der Waals surface area contributed by atoms with Gasteiger partial charge < -0.3 is 9.73 Å². The highest BCUT2D eigenvalue weighted by Crippen LogP contribution is 2.19. The second-order valence-electron chi connectivity index (χ2n) is 5.36. The van der Waals surface area contributed by atoms with Gasteiger partial charge in [-0.25, -0.2) is 4.98 Å². The van der Waals surface area contributed by atoms with Crippen molar-refractivity contribution >= 4 is 0 Å². The molecule has 1 heterocycles. The van der Waals surface area contributed by atoms with Crippen molar-refractivity contribution in [3.63, 3.8) is 0 Å². The summed E-state index contributed by atoms with van der Waals surface area (Å²) in [4.78, 5) is 4.31. The average Bonchev–Trinajstić information content (AvgIpc) is 3.15. The maximum Gasteiger partial charge on any atom is 0.208 e. The van der Waals surface area contributed by atoms with E-state index in [1.165, 1.54) is 24.0 Å². The third kappa shape index (κ3) is 3.67. The van der Waals surface area contributed by atoms with Crippen LogP contribution in [0.3, 0.4) is 0 Å². The fourth-order valence-corrected chi connectivity index (χ4v) is 2.09. The smallest absolute Gasteiger partial charge is 0.208 e. The Morgan fingerprint density at radius 2 is 2.00 bits per heavy atom. The highest BCUT2D eigenvalue weighted by Gasteiger charge is 2.20. The van der Waals surface area contributed by atoms with Gasteiger partial charge in [-0.3, -0.25) is 0 Å². The van der Waals surface area contributed by atoms with Crippen LogP contribution in [0.2, 0.25) is 0 Å². The second-order valence-corrected chi connectivity index (χ2v) is 5.36. The average molecular weight is 256 g/mol. The van der Waals surface area contributed by atoms with Crippen LogP contribution in [-0.2, 0) is 19.4 Å². The van der Waals surface area contributed by atoms with Crippen molar-refractivity contribution in [2.24, 2.45) is 0 Å². The van der Waals surface area contributed by atoms with E-state index in [9.17, 15) is 0 Å². The summed E-state index contributed by atoms with van der Waals surface area (Å²) in [7, 11) is 0. The highest BCUT2D eigenvalue weighted by molar-refractivity contribution is 5.21. The molecule has 1 aliphatic carbocycles. The molecule has 0 radical (unpaired) electrons. The first kappa shape index (κ1) is 12.4. The predicted molar refractivity (Wildman–Crippen MR) is 75.0 cm³/mol. The van der Waals surface area contributed by atoms with E-state index in [0.717, 1.165) is 31.0 Å². The summed E-state index contributed by atoms with van der Waals surface area (Å²) in [5.74, 6) is 1.79. The third-order valence-corrected chi connectivity index (χ3v) is 3.50. The molecule has 2 aromatic rings. The summed E-state index contributed by atoms with van der Waals surface area (Å²) >= 11 is 0. The molecular formula is C16H20N2O. The number of benzene rings is 1. The molecule has 3 nitrogen and oxygen atoms in total. The van der Waals surface area contributed by atoms with Crippen molar-refractivity contribution in [1.82, 2.24) is 10.3 Å². The summed E-state index contributed by atoms with van der Waals surface area (Å²) < 4.78 is 5.73. The molecule has 3 rings (SSSR count). The van der Waals surface area contributed by atoms with Crippen LogP contribution in [-0.4, -0.2) is 11.0 Å². The number of aromatic nitrogens is 1. The Bertz CT molecular complexity index is 526. The standard InChI is InChI=1S/C16H20N2O/c1-12-2-4-13(5-3-12)6-9-15-10-18-16(19-15)11-17-14-7-8-14/h2-5,10,14,17H,6-9,11H2,1H3. The molecule has 1 aromatic heterocycles. The van der Waals surface area contributed by atoms with Gasteiger partial charge in [0.05, 0.1) is 12.7 Å². The third-order valence-electron chi connectivity index (χ3n) is 3.50. The highest BCUT2D eigenvalue weighted by atomic mass is 16.4. The Morgan fingerprint density at radius 1 is 1.21 bits per heavy atom. The van der Waals surface area contributed by atoms with Crippen LogP contribution in [0, 0.1) is 6.92 Å². The van der Waals surface area contributed by atoms with E-state index in [0.29, 0.717) is 6.04 Å². The van der Waals surface area contributed by atoms with Crippen LogP contribution in [0.25, 0.3) is 0 Å². The zero-order valence-corrected chi connectivity index (χ0v) is 11.4. The topological polar surface area (TPSA) is 38.1 Å². The lowest BCUT2D eigenvalue weighted by Crippen LogP contribution is -2.15. The molecule has 100 valence electrons. The van der Waals surface area contributed by atoms with Gasteiger partial charge in [-0.1, -0.05) is 29.8 Å². The Labute approximate surface area is 114 Å². The minimum Gasteiger partial charge on any atom is -0.444 e. The molecule has 19 heavy (non-hydrogen) atoms. The number of nitrogens with zero attached hydrogens (tertiary/aromatic N) is 1. The van der Waals surface area contributed by atoms with Crippen molar-refractivity contribution in [1.29, 1.82) is 0 Å². The number of hydrogen-bond donors (Lipinski definition) is 1. The molecule has 3 heteroatoms. The lowest BCUT2D eigenvalue weighted by Gasteiger charge is -2.00. The first-order chi connectivity index (χ1) is 9.29. The van der Waals surface area contributed by atoms with Gasteiger partial charge in [0.1, 0.15) is 5.76 Å². The molecule has 1 aliphatic rings. The van der Waals surface area contributed by atoms with E-state index in [1.807, 2.05) is 6.20 Å². The lowest BCUT2D eigenvalue weighted by atomic mass is 10.1. The zero-order chi connectivity index (χ0) is 13.1. The molecular weight excluding hydrogens is 236 g/mol. The van der Waals surface area contributed by atoms with Gasteiger partial charge in [-0.15, -0.1) is 0 Å². The Kier molecular flexibility index (Phi) is 3.65. The molecule has 1 N–H and O–H groups in total. The normalized spacial score (nSPS) is 14.8. The van der Waals surface area contributed by atoms with Gasteiger partial charge in [0.25, 0.3) is 0 Å². The molecule has 0 atom stereocenters. The van der Waals surface area contributed by atoms with Crippen LogP contribution in [0.4, 0.5) is 0 Å². The van der Waals surface area contributed by atoms with Gasteiger partial charge in [-0.2, -0.15) is 0 Å². The van der Waals surface area contributed by atoms with E-state index in [1.54, 1.807) is 0 Å². The Morgan fingerprint density at radius 3 is 2.74 bits per heavy atom. The summed E-state index contributed by atoms with van der Waals surface area (Å²) in [6, 6.07) is 9.37. The molecule has 1 aromatic carbocycles. The van der Waals surface area contributed by atoms with Crippen LogP contribution < -0.4 is 5.32 Å². The van der Waals surface area contributed by atoms with Crippen molar-refractivity contribution < 1.29 is 4.42 Å². The summed E-state index contributed by atoms with van der Waals surface area (Å²) in [6.07, 6.45) is 6.37. The van der Waals surface area contributed by atoms with E-state index in [-0.39, 0.29) is 0 Å². The van der Waals surface area contributed by atoms with Gasteiger partial charge >= 0.3 is 0 Å². The summed E-state index contributed by atoms with van der Waals surface area (Å²) in [5, 5.41) is 3.41. The fourth-order valence-electron chi connectivity index (χ4n) is 2.09. The van der Waals surface area contributed by atoms with E-state index in [2.05, 4.69) is 41.5 Å².